The van der Waals surface area contributed by atoms with Gasteiger partial charge < -0.3 is 0 Å². The van der Waals surface area contributed by atoms with Crippen molar-refractivity contribution < 1.29 is 0 Å². The Hall–Kier alpha value is 0. The van der Waals surface area contributed by atoms with E-state index in [1.807, 2.05) is 17.8 Å². The van der Waals surface area contributed by atoms with Crippen LogP contribution in [-0.4, -0.2) is 0 Å². The third kappa shape index (κ3) is 0.681. The van der Waals surface area contributed by atoms with E-state index >= 15 is 0 Å². The number of hydrogen-bond acceptors (Lipinski definition) is 0. The lowest BCUT2D eigenvalue weighted by Gasteiger charge is -2.48. The summed E-state index contributed by atoms with van der Waals surface area (Å²) in [5.74, 6) is 6.65. The molecular weight excluding hydrogens is 120 g/mol. The predicted molar refractivity (Wildman–Crippen MR) is 40.9 cm³/mol. The zero-order chi connectivity index (χ0) is 6.55. The molecule has 0 atom stereocenters. The van der Waals surface area contributed by atoms with Gasteiger partial charge in [-0.25, -0.2) is 0 Å². The van der Waals surface area contributed by atoms with Crippen molar-refractivity contribution in [2.24, 2.45) is 5.92 Å². The molecule has 3 radical (unpaired) electrons. The van der Waals surface area contributed by atoms with Crippen LogP contribution in [0.15, 0.2) is 0 Å². The lowest BCUT2D eigenvalue weighted by molar-refractivity contribution is 0.272. The summed E-state index contributed by atoms with van der Waals surface area (Å²) in [5, 5.41) is 0. The molecule has 0 nitrogen and oxygen atoms in total. The SMILES string of the molecule is C1[C]2C[C]3C[C]1CC(C2)C3. The molecule has 0 aromatic carbocycles. The van der Waals surface area contributed by atoms with Gasteiger partial charge in [-0.15, -0.1) is 0 Å². The topological polar surface area (TPSA) is 0 Å². The maximum atomic E-state index is 1.86. The van der Waals surface area contributed by atoms with Crippen molar-refractivity contribution in [3.05, 3.63) is 17.8 Å². The smallest absolute Gasteiger partial charge is 0.0227 e. The maximum Gasteiger partial charge on any atom is -0.0227 e. The molecule has 4 bridgehead atoms. The highest BCUT2D eigenvalue weighted by Gasteiger charge is 2.42. The first-order valence-corrected chi connectivity index (χ1v) is 4.41. The van der Waals surface area contributed by atoms with Crippen LogP contribution in [0, 0.1) is 23.7 Å². The quantitative estimate of drug-likeness (QED) is 0.476. The van der Waals surface area contributed by atoms with Crippen LogP contribution < -0.4 is 0 Å². The Kier molecular flexibility index (Phi) is 1.00. The Morgan fingerprint density at radius 1 is 0.700 bits per heavy atom. The summed E-state index contributed by atoms with van der Waals surface area (Å²) >= 11 is 0. The predicted octanol–water partition coefficient (Wildman–Crippen LogP) is 2.71. The molecule has 0 saturated heterocycles. The van der Waals surface area contributed by atoms with Gasteiger partial charge in [-0.3, -0.25) is 0 Å². The van der Waals surface area contributed by atoms with Gasteiger partial charge in [0.25, 0.3) is 0 Å². The summed E-state index contributed by atoms with van der Waals surface area (Å²) in [6.45, 7) is 0. The normalized spacial score (nSPS) is 36.0. The highest BCUT2D eigenvalue weighted by Crippen LogP contribution is 2.56. The molecule has 0 spiro atoms. The van der Waals surface area contributed by atoms with E-state index in [1.54, 1.807) is 0 Å². The molecule has 53 valence electrons. The van der Waals surface area contributed by atoms with Crippen LogP contribution in [0.4, 0.5) is 0 Å². The first-order valence-electron chi connectivity index (χ1n) is 4.41. The van der Waals surface area contributed by atoms with Crippen LogP contribution in [0.3, 0.4) is 0 Å². The molecule has 4 aliphatic carbocycles. The van der Waals surface area contributed by atoms with Gasteiger partial charge in [0.1, 0.15) is 0 Å². The van der Waals surface area contributed by atoms with Crippen molar-refractivity contribution in [3.63, 3.8) is 0 Å². The second-order valence-electron chi connectivity index (χ2n) is 4.26. The van der Waals surface area contributed by atoms with E-state index in [0.29, 0.717) is 0 Å². The van der Waals surface area contributed by atoms with Crippen molar-refractivity contribution in [3.8, 4) is 0 Å². The molecule has 0 N–H and O–H groups in total. The van der Waals surface area contributed by atoms with E-state index in [9.17, 15) is 0 Å². The van der Waals surface area contributed by atoms with Gasteiger partial charge >= 0.3 is 0 Å². The molecule has 4 saturated carbocycles. The molecule has 4 rings (SSSR count). The first-order chi connectivity index (χ1) is 4.90. The van der Waals surface area contributed by atoms with Crippen molar-refractivity contribution in [1.29, 1.82) is 0 Å². The molecule has 0 heterocycles. The van der Waals surface area contributed by atoms with Crippen LogP contribution in [0.25, 0.3) is 0 Å². The highest BCUT2D eigenvalue weighted by molar-refractivity contribution is 5.28. The van der Waals surface area contributed by atoms with Gasteiger partial charge in [0.2, 0.25) is 0 Å². The van der Waals surface area contributed by atoms with Gasteiger partial charge in [-0.2, -0.15) is 0 Å². The van der Waals surface area contributed by atoms with Crippen molar-refractivity contribution in [2.75, 3.05) is 0 Å². The molecule has 0 unspecified atom stereocenters. The van der Waals surface area contributed by atoms with Crippen molar-refractivity contribution in [2.45, 2.75) is 38.5 Å². The Balaban J connectivity index is 1.90. The van der Waals surface area contributed by atoms with Gasteiger partial charge in [-0.1, -0.05) is 0 Å². The molecule has 0 aliphatic heterocycles. The lowest BCUT2D eigenvalue weighted by Crippen LogP contribution is -2.35. The van der Waals surface area contributed by atoms with Crippen LogP contribution in [0.5, 0.6) is 0 Å². The largest absolute Gasteiger partial charge is 0.0441 e. The summed E-state index contributed by atoms with van der Waals surface area (Å²) in [6.07, 6.45) is 8.69. The average Bonchev–Trinajstić information content (AvgIpc) is 1.82. The molecule has 0 aromatic heterocycles. The van der Waals surface area contributed by atoms with Gasteiger partial charge in [0.15, 0.2) is 0 Å². The van der Waals surface area contributed by atoms with Crippen LogP contribution >= 0.6 is 0 Å². The van der Waals surface area contributed by atoms with Crippen LogP contribution in [0.1, 0.15) is 38.5 Å². The molecule has 0 heteroatoms. The van der Waals surface area contributed by atoms with E-state index in [-0.39, 0.29) is 0 Å². The van der Waals surface area contributed by atoms with Crippen molar-refractivity contribution >= 4 is 0 Å². The maximum absolute atomic E-state index is 1.86. The third-order valence-corrected chi connectivity index (χ3v) is 3.23. The van der Waals surface area contributed by atoms with E-state index in [4.69, 9.17) is 0 Å². The minimum Gasteiger partial charge on any atom is -0.0441 e. The molecule has 0 amide bonds. The monoisotopic (exact) mass is 133 g/mol. The van der Waals surface area contributed by atoms with E-state index in [2.05, 4.69) is 0 Å². The number of hydrogen-bond donors (Lipinski definition) is 0. The minimum absolute atomic E-state index is 1.07. The molecule has 10 heavy (non-hydrogen) atoms. The Bertz CT molecular complexity index is 91.6. The second-order valence-corrected chi connectivity index (χ2v) is 4.26. The molecule has 0 aromatic rings. The summed E-state index contributed by atoms with van der Waals surface area (Å²) in [6, 6.07) is 0. The average molecular weight is 133 g/mol. The lowest BCUT2D eigenvalue weighted by atomic mass is 9.56. The molecular formula is C10H13. The van der Waals surface area contributed by atoms with Crippen LogP contribution in [0.2, 0.25) is 0 Å². The summed E-state index contributed by atoms with van der Waals surface area (Å²) < 4.78 is 0. The number of rotatable bonds is 0. The Labute approximate surface area is 63.0 Å². The fourth-order valence-electron chi connectivity index (χ4n) is 3.12. The van der Waals surface area contributed by atoms with E-state index in [0.717, 1.165) is 5.92 Å². The third-order valence-electron chi connectivity index (χ3n) is 3.23. The Morgan fingerprint density at radius 3 is 1.40 bits per heavy atom. The zero-order valence-corrected chi connectivity index (χ0v) is 6.32. The first kappa shape index (κ1) is 5.62. The van der Waals surface area contributed by atoms with Gasteiger partial charge in [0.05, 0.1) is 0 Å². The molecule has 4 fully saturated rings. The van der Waals surface area contributed by atoms with Crippen LogP contribution in [-0.2, 0) is 0 Å². The highest BCUT2D eigenvalue weighted by atomic mass is 14.5. The zero-order valence-electron chi connectivity index (χ0n) is 6.32. The van der Waals surface area contributed by atoms with Gasteiger partial charge in [0, 0.05) is 0 Å². The van der Waals surface area contributed by atoms with E-state index in [1.165, 1.54) is 38.5 Å². The summed E-state index contributed by atoms with van der Waals surface area (Å²) in [5.41, 5.74) is 0. The Morgan fingerprint density at radius 2 is 1.10 bits per heavy atom. The van der Waals surface area contributed by atoms with Crippen molar-refractivity contribution in [1.82, 2.24) is 0 Å². The molecule has 4 aliphatic rings. The summed E-state index contributed by atoms with van der Waals surface area (Å²) in [4.78, 5) is 0. The fraction of sp³-hybridized carbons (Fsp3) is 0.700. The fourth-order valence-corrected chi connectivity index (χ4v) is 3.12. The second kappa shape index (κ2) is 1.78. The van der Waals surface area contributed by atoms with E-state index < -0.39 is 0 Å². The van der Waals surface area contributed by atoms with Gasteiger partial charge in [-0.05, 0) is 62.2 Å². The summed E-state index contributed by atoms with van der Waals surface area (Å²) in [7, 11) is 0. The standard InChI is InChI=1S/C10H13/c1-7-2-9-4-8(1)5-10(3-7)6-9/h7H,1-6H2. The minimum atomic E-state index is 1.07.